The van der Waals surface area contributed by atoms with Crippen LogP contribution in [0.4, 0.5) is 17.6 Å². The molecule has 4 nitrogen and oxygen atoms in total. The fraction of sp³-hybridized carbons (Fsp3) is 0.385. The number of carbonyl (C=O) groups is 1. The van der Waals surface area contributed by atoms with Gasteiger partial charge in [0.2, 0.25) is 5.88 Å². The second-order valence-electron chi connectivity index (χ2n) is 3.87. The molecule has 0 saturated carbocycles. The number of halogens is 4. The Morgan fingerprint density at radius 2 is 2.14 bits per heavy atom. The summed E-state index contributed by atoms with van der Waals surface area (Å²) >= 11 is 0. The highest BCUT2D eigenvalue weighted by Crippen LogP contribution is 2.23. The number of pyridine rings is 1. The Morgan fingerprint density at radius 1 is 1.43 bits per heavy atom. The Labute approximate surface area is 118 Å². The molecule has 0 aliphatic heterocycles. The van der Waals surface area contributed by atoms with Gasteiger partial charge in [0, 0.05) is 18.3 Å². The van der Waals surface area contributed by atoms with Gasteiger partial charge in [-0.2, -0.15) is 8.78 Å². The van der Waals surface area contributed by atoms with Crippen LogP contribution in [-0.2, 0) is 9.53 Å². The smallest absolute Gasteiger partial charge is 0.340 e. The van der Waals surface area contributed by atoms with Crippen LogP contribution in [0.25, 0.3) is 6.08 Å². The molecular weight excluding hydrogens is 294 g/mol. The van der Waals surface area contributed by atoms with Crippen LogP contribution in [0.2, 0.25) is 0 Å². The predicted molar refractivity (Wildman–Crippen MR) is 66.4 cm³/mol. The largest absolute Gasteiger partial charge is 0.471 e. The van der Waals surface area contributed by atoms with Gasteiger partial charge in [0.1, 0.15) is 0 Å². The Bertz CT molecular complexity index is 489. The molecule has 1 heterocycles. The van der Waals surface area contributed by atoms with E-state index in [4.69, 9.17) is 0 Å². The highest BCUT2D eigenvalue weighted by molar-refractivity contribution is 5.86. The molecule has 0 N–H and O–H groups in total. The van der Waals surface area contributed by atoms with Gasteiger partial charge in [-0.1, -0.05) is 0 Å². The van der Waals surface area contributed by atoms with E-state index in [9.17, 15) is 22.4 Å². The number of nitrogens with zero attached hydrogens (tertiary/aromatic N) is 1. The van der Waals surface area contributed by atoms with E-state index >= 15 is 0 Å². The molecule has 0 aliphatic carbocycles. The van der Waals surface area contributed by atoms with E-state index in [1.165, 1.54) is 30.5 Å². The van der Waals surface area contributed by atoms with Gasteiger partial charge in [-0.3, -0.25) is 0 Å². The summed E-state index contributed by atoms with van der Waals surface area (Å²) < 4.78 is 58.2. The first kappa shape index (κ1) is 16.9. The van der Waals surface area contributed by atoms with Gasteiger partial charge in [0.25, 0.3) is 0 Å². The van der Waals surface area contributed by atoms with E-state index in [1.807, 2.05) is 0 Å². The lowest BCUT2D eigenvalue weighted by molar-refractivity contribution is -0.148. The summed E-state index contributed by atoms with van der Waals surface area (Å²) in [7, 11) is 0. The molecule has 0 radical (unpaired) electrons. The van der Waals surface area contributed by atoms with Crippen LogP contribution in [0.5, 0.6) is 5.88 Å². The highest BCUT2D eigenvalue weighted by atomic mass is 19.3. The van der Waals surface area contributed by atoms with E-state index in [0.717, 1.165) is 0 Å². The van der Waals surface area contributed by atoms with E-state index in [-0.39, 0.29) is 12.5 Å². The molecule has 0 atom stereocenters. The molecule has 1 rings (SSSR count). The van der Waals surface area contributed by atoms with E-state index in [0.29, 0.717) is 5.56 Å². The molecule has 0 saturated heterocycles. The highest BCUT2D eigenvalue weighted by Gasteiger charge is 2.41. The van der Waals surface area contributed by atoms with Crippen molar-refractivity contribution in [3.8, 4) is 5.88 Å². The van der Waals surface area contributed by atoms with Gasteiger partial charge in [-0.15, -0.1) is 0 Å². The minimum atomic E-state index is -4.23. The zero-order valence-corrected chi connectivity index (χ0v) is 11.1. The number of hydrogen-bond donors (Lipinski definition) is 0. The van der Waals surface area contributed by atoms with Gasteiger partial charge in [-0.05, 0) is 24.6 Å². The molecule has 21 heavy (non-hydrogen) atoms. The summed E-state index contributed by atoms with van der Waals surface area (Å²) in [5.41, 5.74) is 0.496. The van der Waals surface area contributed by atoms with Crippen molar-refractivity contribution < 1.29 is 31.8 Å². The number of hydrogen-bond acceptors (Lipinski definition) is 4. The molecule has 116 valence electrons. The first-order valence-corrected chi connectivity index (χ1v) is 5.95. The van der Waals surface area contributed by atoms with Crippen molar-refractivity contribution in [2.45, 2.75) is 19.3 Å². The lowest BCUT2D eigenvalue weighted by Crippen LogP contribution is -2.33. The van der Waals surface area contributed by atoms with E-state index in [1.54, 1.807) is 6.92 Å². The third-order valence-corrected chi connectivity index (χ3v) is 2.19. The number of esters is 1. The second kappa shape index (κ2) is 7.61. The van der Waals surface area contributed by atoms with Crippen molar-refractivity contribution in [2.24, 2.45) is 0 Å². The Morgan fingerprint density at radius 3 is 2.67 bits per heavy atom. The van der Waals surface area contributed by atoms with Crippen molar-refractivity contribution in [2.75, 3.05) is 13.2 Å². The maximum absolute atomic E-state index is 12.6. The average molecular weight is 307 g/mol. The maximum atomic E-state index is 12.6. The quantitative estimate of drug-likeness (QED) is 0.441. The lowest BCUT2D eigenvalue weighted by atomic mass is 10.2. The number of carbonyl (C=O) groups excluding carboxylic acids is 1. The zero-order valence-electron chi connectivity index (χ0n) is 11.1. The van der Waals surface area contributed by atoms with E-state index in [2.05, 4.69) is 14.5 Å². The number of alkyl halides is 4. The summed E-state index contributed by atoms with van der Waals surface area (Å²) in [5.74, 6) is -4.98. The first-order chi connectivity index (χ1) is 9.85. The lowest BCUT2D eigenvalue weighted by Gasteiger charge is -2.15. The summed E-state index contributed by atoms with van der Waals surface area (Å²) in [6, 6.07) is 2.66. The molecule has 0 fully saturated rings. The molecular formula is C13H13F4NO3. The SMILES string of the molecule is CCOC(=O)/C=C/c1ccc(OCC(F)(F)C(F)F)nc1. The van der Waals surface area contributed by atoms with Gasteiger partial charge < -0.3 is 9.47 Å². The summed E-state index contributed by atoms with van der Waals surface area (Å²) in [6.07, 6.45) is 0.0180. The van der Waals surface area contributed by atoms with Crippen molar-refractivity contribution >= 4 is 12.0 Å². The fourth-order valence-corrected chi connectivity index (χ4v) is 1.16. The van der Waals surface area contributed by atoms with Crippen molar-refractivity contribution in [1.82, 2.24) is 4.98 Å². The fourth-order valence-electron chi connectivity index (χ4n) is 1.16. The van der Waals surface area contributed by atoms with Crippen LogP contribution >= 0.6 is 0 Å². The monoisotopic (exact) mass is 307 g/mol. The standard InChI is InChI=1S/C13H13F4NO3/c1-2-20-11(19)6-4-9-3-5-10(18-7-9)21-8-13(16,17)12(14)15/h3-7,12H,2,8H2,1H3/b6-4+. The topological polar surface area (TPSA) is 48.4 Å². The summed E-state index contributed by atoms with van der Waals surface area (Å²) in [5, 5.41) is 0. The Kier molecular flexibility index (Phi) is 6.13. The zero-order chi connectivity index (χ0) is 15.9. The molecule has 1 aromatic rings. The number of ether oxygens (including phenoxy) is 2. The van der Waals surface area contributed by atoms with Crippen LogP contribution < -0.4 is 4.74 Å². The van der Waals surface area contributed by atoms with Crippen molar-refractivity contribution in [1.29, 1.82) is 0 Å². The maximum Gasteiger partial charge on any atom is 0.340 e. The average Bonchev–Trinajstić information content (AvgIpc) is 2.44. The van der Waals surface area contributed by atoms with Gasteiger partial charge in [-0.25, -0.2) is 18.6 Å². The molecule has 0 bridgehead atoms. The van der Waals surface area contributed by atoms with Crippen LogP contribution in [0.15, 0.2) is 24.4 Å². The van der Waals surface area contributed by atoms with Crippen LogP contribution in [0.1, 0.15) is 12.5 Å². The molecule has 0 amide bonds. The Hall–Kier alpha value is -2.12. The summed E-state index contributed by atoms with van der Waals surface area (Å²) in [4.78, 5) is 14.7. The van der Waals surface area contributed by atoms with E-state index < -0.39 is 24.9 Å². The minimum Gasteiger partial charge on any atom is -0.471 e. The third-order valence-electron chi connectivity index (χ3n) is 2.19. The number of rotatable bonds is 7. The molecule has 1 aromatic heterocycles. The molecule has 0 unspecified atom stereocenters. The van der Waals surface area contributed by atoms with Gasteiger partial charge >= 0.3 is 18.3 Å². The van der Waals surface area contributed by atoms with Crippen LogP contribution in [0.3, 0.4) is 0 Å². The van der Waals surface area contributed by atoms with Crippen molar-refractivity contribution in [3.05, 3.63) is 30.0 Å². The van der Waals surface area contributed by atoms with Crippen LogP contribution in [0, 0.1) is 0 Å². The second-order valence-corrected chi connectivity index (χ2v) is 3.87. The molecule has 0 spiro atoms. The third kappa shape index (κ3) is 5.80. The Balaban J connectivity index is 2.56. The predicted octanol–water partition coefficient (Wildman–Crippen LogP) is 2.94. The normalized spacial score (nSPS) is 11.9. The van der Waals surface area contributed by atoms with Crippen molar-refractivity contribution in [3.63, 3.8) is 0 Å². The molecule has 0 aliphatic rings. The minimum absolute atomic E-state index is 0.219. The van der Waals surface area contributed by atoms with Crippen LogP contribution in [-0.4, -0.2) is 36.5 Å². The molecule has 0 aromatic carbocycles. The van der Waals surface area contributed by atoms with Gasteiger partial charge in [0.05, 0.1) is 6.61 Å². The van der Waals surface area contributed by atoms with Gasteiger partial charge in [0.15, 0.2) is 6.61 Å². The summed E-state index contributed by atoms with van der Waals surface area (Å²) in [6.45, 7) is 0.441. The first-order valence-electron chi connectivity index (χ1n) is 5.95. The molecule has 8 heteroatoms. The number of aromatic nitrogens is 1.